The first-order valence-electron chi connectivity index (χ1n) is 9.39. The Morgan fingerprint density at radius 3 is 1.24 bits per heavy atom. The maximum Gasteiger partial charge on any atom is 0.370 e. The maximum absolute atomic E-state index is 10.5. The second kappa shape index (κ2) is 9.27. The third-order valence-corrected chi connectivity index (χ3v) is 13.5. The molecule has 0 aliphatic heterocycles. The quantitative estimate of drug-likeness (QED) is 0.300. The van der Waals surface area contributed by atoms with Crippen LogP contribution in [0, 0.1) is 14.9 Å². The zero-order chi connectivity index (χ0) is 19.9. The maximum atomic E-state index is 10.5. The summed E-state index contributed by atoms with van der Waals surface area (Å²) in [7, 11) is 0. The van der Waals surface area contributed by atoms with Crippen molar-refractivity contribution in [3.8, 4) is 6.07 Å². The van der Waals surface area contributed by atoms with E-state index >= 15 is 0 Å². The van der Waals surface area contributed by atoms with Gasteiger partial charge in [-0.25, -0.2) is 0 Å². The van der Waals surface area contributed by atoms with Crippen LogP contribution in [0.4, 0.5) is 0 Å². The molecule has 0 aromatic heterocycles. The summed E-state index contributed by atoms with van der Waals surface area (Å²) >= 11 is -0.601. The summed E-state index contributed by atoms with van der Waals surface area (Å²) < 4.78 is 2.31. The van der Waals surface area contributed by atoms with Crippen molar-refractivity contribution in [3.63, 3.8) is 0 Å². The van der Waals surface area contributed by atoms with E-state index in [2.05, 4.69) is 103 Å². The average molecular weight is 504 g/mol. The van der Waals surface area contributed by atoms with Crippen molar-refractivity contribution in [2.24, 2.45) is 0 Å². The van der Waals surface area contributed by atoms with Gasteiger partial charge in [-0.2, -0.15) is 5.26 Å². The fourth-order valence-electron chi connectivity index (χ4n) is 3.48. The van der Waals surface area contributed by atoms with Crippen molar-refractivity contribution in [2.75, 3.05) is 0 Å². The Morgan fingerprint density at radius 2 is 0.897 bits per heavy atom. The number of hydrogen-bond donors (Lipinski definition) is 0. The lowest BCUT2D eigenvalue weighted by atomic mass is 10.4. The van der Waals surface area contributed by atoms with Crippen molar-refractivity contribution in [1.29, 1.82) is 5.26 Å². The van der Waals surface area contributed by atoms with Gasteiger partial charge >= 0.3 is 21.2 Å². The Morgan fingerprint density at radius 1 is 0.552 bits per heavy atom. The van der Waals surface area contributed by atoms with Gasteiger partial charge in [-0.1, -0.05) is 109 Å². The predicted molar refractivity (Wildman–Crippen MR) is 121 cm³/mol. The van der Waals surface area contributed by atoms with Gasteiger partial charge in [0, 0.05) is 6.89 Å². The number of nitrogens with zero attached hydrogens (tertiary/aromatic N) is 1. The molecule has 1 nitrogen and oxygen atoms in total. The minimum atomic E-state index is -2.22. The Balaban J connectivity index is 2.14. The summed E-state index contributed by atoms with van der Waals surface area (Å²) in [6.45, 7) is -2.22. The summed E-state index contributed by atoms with van der Waals surface area (Å²) in [5, 5.41) is 14.2. The topological polar surface area (TPSA) is 23.8 Å². The third kappa shape index (κ3) is 3.94. The Kier molecular flexibility index (Phi) is 6.30. The third-order valence-electron chi connectivity index (χ3n) is 4.75. The minimum absolute atomic E-state index is 0.601. The van der Waals surface area contributed by atoms with E-state index in [1.807, 2.05) is 24.3 Å². The number of rotatable bonds is 5. The average Bonchev–Trinajstić information content (AvgIpc) is 2.82. The smallest absolute Gasteiger partial charge is 0.188 e. The number of nitriles is 1. The zero-order valence-corrected chi connectivity index (χ0v) is 18.9. The first kappa shape index (κ1) is 19.7. The van der Waals surface area contributed by atoms with Crippen LogP contribution in [-0.4, -0.2) is 3.30 Å². The van der Waals surface area contributed by atoms with Gasteiger partial charge in [0.05, 0.1) is 0 Å². The molecular formula is C26H20INP+. The molecule has 4 rings (SSSR count). The van der Waals surface area contributed by atoms with Gasteiger partial charge in [-0.05, 0) is 28.0 Å². The number of hydrogen-bond acceptors (Lipinski definition) is 1. The van der Waals surface area contributed by atoms with Crippen LogP contribution < -0.4 is 37.1 Å². The molecule has 0 saturated heterocycles. The lowest BCUT2D eigenvalue weighted by Gasteiger charge is -2.26. The Labute approximate surface area is 182 Å². The molecule has 29 heavy (non-hydrogen) atoms. The van der Waals surface area contributed by atoms with E-state index < -0.39 is 28.1 Å². The molecule has 0 aliphatic rings. The molecule has 140 valence electrons. The molecule has 0 radical (unpaired) electrons. The lowest BCUT2D eigenvalue weighted by molar-refractivity contribution is -0.501. The fraction of sp³-hybridized carbons (Fsp3) is 0. The predicted octanol–water partition coefficient (Wildman–Crippen LogP) is 1.59. The highest BCUT2D eigenvalue weighted by Crippen LogP contribution is 2.44. The molecule has 0 unspecified atom stereocenters. The van der Waals surface area contributed by atoms with E-state index in [4.69, 9.17) is 0 Å². The van der Waals surface area contributed by atoms with Crippen LogP contribution in [-0.2, 0) is 0 Å². The summed E-state index contributed by atoms with van der Waals surface area (Å²) in [6.07, 6.45) is 0. The monoisotopic (exact) mass is 504 g/mol. The largest absolute Gasteiger partial charge is 0.370 e. The summed E-state index contributed by atoms with van der Waals surface area (Å²) in [5.74, 6) is 0. The molecule has 3 heteroatoms. The van der Waals surface area contributed by atoms with Crippen LogP contribution in [0.15, 0.2) is 121 Å². The van der Waals surface area contributed by atoms with E-state index in [0.717, 1.165) is 3.30 Å². The van der Waals surface area contributed by atoms with E-state index in [-0.39, 0.29) is 0 Å². The second-order valence-electron chi connectivity index (χ2n) is 6.47. The van der Waals surface area contributed by atoms with Gasteiger partial charge in [0.25, 0.3) is 3.30 Å². The SMILES string of the molecule is N#CC([I+]c1ccccc1)=P(c1ccccc1)(c1ccccc1)c1ccccc1. The van der Waals surface area contributed by atoms with Gasteiger partial charge in [0.15, 0.2) is 9.64 Å². The van der Waals surface area contributed by atoms with Gasteiger partial charge < -0.3 is 0 Å². The van der Waals surface area contributed by atoms with E-state index in [1.54, 1.807) is 0 Å². The van der Waals surface area contributed by atoms with Crippen molar-refractivity contribution in [3.05, 3.63) is 125 Å². The molecule has 0 bridgehead atoms. The Hall–Kier alpha value is -2.60. The number of benzene rings is 4. The molecular weight excluding hydrogens is 484 g/mol. The lowest BCUT2D eigenvalue weighted by Crippen LogP contribution is -3.64. The van der Waals surface area contributed by atoms with Crippen molar-refractivity contribution < 1.29 is 21.2 Å². The van der Waals surface area contributed by atoms with Crippen molar-refractivity contribution in [2.45, 2.75) is 0 Å². The van der Waals surface area contributed by atoms with Crippen LogP contribution in [0.1, 0.15) is 0 Å². The van der Waals surface area contributed by atoms with Crippen LogP contribution in [0.25, 0.3) is 0 Å². The highest BCUT2D eigenvalue weighted by atomic mass is 127. The fourth-order valence-corrected chi connectivity index (χ4v) is 12.9. The van der Waals surface area contributed by atoms with Crippen molar-refractivity contribution in [1.82, 2.24) is 0 Å². The molecule has 0 atom stereocenters. The molecule has 4 aromatic carbocycles. The van der Waals surface area contributed by atoms with E-state index in [9.17, 15) is 5.26 Å². The van der Waals surface area contributed by atoms with Gasteiger partial charge in [-0.15, -0.1) is 0 Å². The summed E-state index contributed by atoms with van der Waals surface area (Å²) in [4.78, 5) is 0. The van der Waals surface area contributed by atoms with Crippen LogP contribution in [0.2, 0.25) is 0 Å². The number of halogens is 1. The minimum Gasteiger partial charge on any atom is -0.188 e. The molecule has 0 fully saturated rings. The van der Waals surface area contributed by atoms with Gasteiger partial charge in [0.2, 0.25) is 0 Å². The van der Waals surface area contributed by atoms with Crippen LogP contribution >= 0.6 is 6.89 Å². The molecule has 0 spiro atoms. The highest BCUT2D eigenvalue weighted by molar-refractivity contribution is 7.95. The molecule has 0 heterocycles. The highest BCUT2D eigenvalue weighted by Gasteiger charge is 2.38. The second-order valence-corrected chi connectivity index (χ2v) is 13.5. The molecule has 4 aromatic rings. The van der Waals surface area contributed by atoms with E-state index in [0.29, 0.717) is 0 Å². The standard InChI is InChI=1S/C26H20INP/c28-21-26(27-22-13-5-1-6-14-22)29(23-15-7-2-8-16-23,24-17-9-3-10-18-24)25-19-11-4-12-20-25/h1-20H/q+1. The first-order chi connectivity index (χ1) is 14.4. The van der Waals surface area contributed by atoms with Gasteiger partial charge in [-0.3, -0.25) is 0 Å². The van der Waals surface area contributed by atoms with Crippen LogP contribution in [0.3, 0.4) is 0 Å². The molecule has 0 amide bonds. The zero-order valence-electron chi connectivity index (χ0n) is 15.8. The van der Waals surface area contributed by atoms with E-state index in [1.165, 1.54) is 19.5 Å². The molecule has 0 saturated carbocycles. The molecule has 0 aliphatic carbocycles. The Bertz CT molecular complexity index is 1060. The summed E-state index contributed by atoms with van der Waals surface area (Å²) in [5.41, 5.74) is 0. The first-order valence-corrected chi connectivity index (χ1v) is 13.3. The molecule has 0 N–H and O–H groups in total. The normalized spacial score (nSPS) is 10.9. The summed E-state index contributed by atoms with van der Waals surface area (Å²) in [6, 6.07) is 45.0. The van der Waals surface area contributed by atoms with Crippen LogP contribution in [0.5, 0.6) is 0 Å². The van der Waals surface area contributed by atoms with Gasteiger partial charge in [0.1, 0.15) is 0 Å². The van der Waals surface area contributed by atoms with Crippen molar-refractivity contribution >= 4 is 26.1 Å².